The number of allylic oxidation sites excluding steroid dienone is 2. The monoisotopic (exact) mass is 351 g/mol. The molecule has 1 amide bonds. The third-order valence-corrected chi connectivity index (χ3v) is 5.60. The number of hydrogen-bond acceptors (Lipinski definition) is 4. The molecular formula is C20H33NO4. The van der Waals surface area contributed by atoms with Crippen molar-refractivity contribution in [3.8, 4) is 0 Å². The molecule has 0 saturated carbocycles. The zero-order valence-electron chi connectivity index (χ0n) is 16.3. The molecule has 1 N–H and O–H groups in total. The lowest BCUT2D eigenvalue weighted by Crippen LogP contribution is -2.63. The van der Waals surface area contributed by atoms with Gasteiger partial charge in [0.2, 0.25) is 5.91 Å². The SMILES string of the molecule is C/C=C/CCCC[C@@]1(O)[C@H](C)C(=O)N2CCC[C@@]21C(=O)OC(C)(C)C. The molecule has 5 nitrogen and oxygen atoms in total. The normalized spacial score (nSPS) is 32.5. The lowest BCUT2D eigenvalue weighted by Gasteiger charge is -2.43. The Labute approximate surface area is 151 Å². The highest BCUT2D eigenvalue weighted by molar-refractivity contribution is 5.96. The molecule has 0 bridgehead atoms. The number of aliphatic hydroxyl groups is 1. The maximum absolute atomic E-state index is 13.1. The Morgan fingerprint density at radius 2 is 2.08 bits per heavy atom. The molecule has 5 heteroatoms. The summed E-state index contributed by atoms with van der Waals surface area (Å²) in [7, 11) is 0. The molecule has 0 aromatic heterocycles. The van der Waals surface area contributed by atoms with Crippen molar-refractivity contribution in [1.29, 1.82) is 0 Å². The Kier molecular flexibility index (Phi) is 5.67. The number of unbranched alkanes of at least 4 members (excludes halogenated alkanes) is 2. The van der Waals surface area contributed by atoms with Crippen molar-refractivity contribution < 1.29 is 19.4 Å². The molecule has 2 aliphatic rings. The van der Waals surface area contributed by atoms with Crippen molar-refractivity contribution in [2.75, 3.05) is 6.54 Å². The molecule has 142 valence electrons. The first kappa shape index (κ1) is 20.0. The van der Waals surface area contributed by atoms with Gasteiger partial charge in [-0.15, -0.1) is 0 Å². The van der Waals surface area contributed by atoms with Crippen molar-refractivity contribution in [2.45, 2.75) is 89.9 Å². The Hall–Kier alpha value is -1.36. The van der Waals surface area contributed by atoms with Gasteiger partial charge in [0.15, 0.2) is 5.54 Å². The number of carbonyl (C=O) groups excluding carboxylic acids is 2. The van der Waals surface area contributed by atoms with E-state index >= 15 is 0 Å². The molecular weight excluding hydrogens is 318 g/mol. The van der Waals surface area contributed by atoms with Crippen LogP contribution in [0.3, 0.4) is 0 Å². The third kappa shape index (κ3) is 3.35. The van der Waals surface area contributed by atoms with Crippen LogP contribution in [0.25, 0.3) is 0 Å². The zero-order chi connectivity index (χ0) is 18.9. The summed E-state index contributed by atoms with van der Waals surface area (Å²) in [4.78, 5) is 27.5. The van der Waals surface area contributed by atoms with Crippen molar-refractivity contribution in [3.63, 3.8) is 0 Å². The second kappa shape index (κ2) is 7.10. The van der Waals surface area contributed by atoms with Gasteiger partial charge in [-0.25, -0.2) is 4.79 Å². The Morgan fingerprint density at radius 1 is 1.40 bits per heavy atom. The van der Waals surface area contributed by atoms with E-state index in [2.05, 4.69) is 6.08 Å². The van der Waals surface area contributed by atoms with E-state index in [4.69, 9.17) is 4.74 Å². The van der Waals surface area contributed by atoms with Gasteiger partial charge in [-0.2, -0.15) is 0 Å². The van der Waals surface area contributed by atoms with Gasteiger partial charge in [0.1, 0.15) is 11.2 Å². The van der Waals surface area contributed by atoms with Crippen LogP contribution in [0.15, 0.2) is 12.2 Å². The molecule has 0 aliphatic carbocycles. The molecule has 2 fully saturated rings. The van der Waals surface area contributed by atoms with E-state index in [1.807, 2.05) is 33.8 Å². The molecule has 0 aromatic carbocycles. The summed E-state index contributed by atoms with van der Waals surface area (Å²) in [5, 5.41) is 11.6. The summed E-state index contributed by atoms with van der Waals surface area (Å²) < 4.78 is 5.66. The summed E-state index contributed by atoms with van der Waals surface area (Å²) in [6, 6.07) is 0. The standard InChI is InChI=1S/C20H33NO4/c1-6-7-8-9-10-13-20(24)15(2)16(22)21-14-11-12-19(20,21)17(23)25-18(3,4)5/h6-7,15,24H,8-14H2,1-5H3/b7-6+/t15-,19+,20-/m1/s1. The van der Waals surface area contributed by atoms with Gasteiger partial charge in [0.25, 0.3) is 0 Å². The molecule has 2 heterocycles. The summed E-state index contributed by atoms with van der Waals surface area (Å²) in [5.41, 5.74) is -3.24. The summed E-state index contributed by atoms with van der Waals surface area (Å²) in [5.74, 6) is -1.16. The van der Waals surface area contributed by atoms with E-state index in [9.17, 15) is 14.7 Å². The van der Waals surface area contributed by atoms with E-state index in [0.29, 0.717) is 19.4 Å². The van der Waals surface area contributed by atoms with Crippen LogP contribution in [0.4, 0.5) is 0 Å². The van der Waals surface area contributed by atoms with E-state index < -0.39 is 28.6 Å². The fraction of sp³-hybridized carbons (Fsp3) is 0.800. The first-order valence-corrected chi connectivity index (χ1v) is 9.48. The Balaban J connectivity index is 2.30. The average Bonchev–Trinajstić information content (AvgIpc) is 3.02. The molecule has 2 aliphatic heterocycles. The van der Waals surface area contributed by atoms with Crippen molar-refractivity contribution in [1.82, 2.24) is 4.90 Å². The molecule has 0 aromatic rings. The van der Waals surface area contributed by atoms with Crippen LogP contribution >= 0.6 is 0 Å². The Morgan fingerprint density at radius 3 is 2.68 bits per heavy atom. The molecule has 25 heavy (non-hydrogen) atoms. The van der Waals surface area contributed by atoms with Gasteiger partial charge in [0, 0.05) is 6.54 Å². The molecule has 2 rings (SSSR count). The molecule has 0 unspecified atom stereocenters. The Bertz CT molecular complexity index is 550. The highest BCUT2D eigenvalue weighted by Gasteiger charge is 2.72. The van der Waals surface area contributed by atoms with E-state index in [0.717, 1.165) is 25.7 Å². The van der Waals surface area contributed by atoms with Gasteiger partial charge >= 0.3 is 5.97 Å². The predicted octanol–water partition coefficient (Wildman–Crippen LogP) is 3.21. The maximum atomic E-state index is 13.1. The van der Waals surface area contributed by atoms with Gasteiger partial charge in [0.05, 0.1) is 5.92 Å². The minimum atomic E-state index is -1.36. The number of esters is 1. The fourth-order valence-electron chi connectivity index (χ4n) is 4.36. The number of amides is 1. The second-order valence-electron chi connectivity index (χ2n) is 8.42. The van der Waals surface area contributed by atoms with Crippen LogP contribution < -0.4 is 0 Å². The van der Waals surface area contributed by atoms with Crippen LogP contribution in [0, 0.1) is 5.92 Å². The number of rotatable bonds is 6. The third-order valence-electron chi connectivity index (χ3n) is 5.60. The molecule has 3 atom stereocenters. The number of hydrogen-bond donors (Lipinski definition) is 1. The topological polar surface area (TPSA) is 66.8 Å². The van der Waals surface area contributed by atoms with E-state index in [1.165, 1.54) is 0 Å². The van der Waals surface area contributed by atoms with E-state index in [1.54, 1.807) is 11.8 Å². The number of fused-ring (bicyclic) bond motifs is 1. The lowest BCUT2D eigenvalue weighted by molar-refractivity contribution is -0.182. The summed E-state index contributed by atoms with van der Waals surface area (Å²) in [6.07, 6.45) is 8.39. The fourth-order valence-corrected chi connectivity index (χ4v) is 4.36. The van der Waals surface area contributed by atoms with Crippen LogP contribution in [0.2, 0.25) is 0 Å². The molecule has 0 radical (unpaired) electrons. The first-order valence-electron chi connectivity index (χ1n) is 9.48. The summed E-state index contributed by atoms with van der Waals surface area (Å²) in [6.45, 7) is 9.70. The predicted molar refractivity (Wildman–Crippen MR) is 96.9 cm³/mol. The van der Waals surface area contributed by atoms with Crippen molar-refractivity contribution in [3.05, 3.63) is 12.2 Å². The minimum absolute atomic E-state index is 0.126. The van der Waals surface area contributed by atoms with Gasteiger partial charge in [-0.1, -0.05) is 25.5 Å². The first-order chi connectivity index (χ1) is 11.6. The van der Waals surface area contributed by atoms with Crippen LogP contribution in [-0.2, 0) is 14.3 Å². The number of ether oxygens (including phenoxy) is 1. The minimum Gasteiger partial charge on any atom is -0.458 e. The largest absolute Gasteiger partial charge is 0.458 e. The average molecular weight is 351 g/mol. The molecule has 2 saturated heterocycles. The quantitative estimate of drug-likeness (QED) is 0.453. The van der Waals surface area contributed by atoms with Gasteiger partial charge in [-0.3, -0.25) is 4.79 Å². The summed E-state index contributed by atoms with van der Waals surface area (Å²) >= 11 is 0. The molecule has 0 spiro atoms. The lowest BCUT2D eigenvalue weighted by atomic mass is 9.71. The van der Waals surface area contributed by atoms with Crippen LogP contribution in [0.1, 0.15) is 73.1 Å². The number of nitrogens with zero attached hydrogens (tertiary/aromatic N) is 1. The second-order valence-corrected chi connectivity index (χ2v) is 8.42. The van der Waals surface area contributed by atoms with Crippen LogP contribution in [-0.4, -0.2) is 45.2 Å². The van der Waals surface area contributed by atoms with Crippen molar-refractivity contribution in [2.24, 2.45) is 5.92 Å². The van der Waals surface area contributed by atoms with Crippen LogP contribution in [0.5, 0.6) is 0 Å². The van der Waals surface area contributed by atoms with Crippen molar-refractivity contribution >= 4 is 11.9 Å². The maximum Gasteiger partial charge on any atom is 0.335 e. The smallest absolute Gasteiger partial charge is 0.335 e. The highest BCUT2D eigenvalue weighted by atomic mass is 16.6. The van der Waals surface area contributed by atoms with Gasteiger partial charge < -0.3 is 14.7 Å². The van der Waals surface area contributed by atoms with Gasteiger partial charge in [-0.05, 0) is 59.8 Å². The van der Waals surface area contributed by atoms with E-state index in [-0.39, 0.29) is 5.91 Å². The number of carbonyl (C=O) groups is 2. The zero-order valence-corrected chi connectivity index (χ0v) is 16.3. The highest BCUT2D eigenvalue weighted by Crippen LogP contribution is 2.52.